The fraction of sp³-hybridized carbons (Fsp3) is 0.455. The third-order valence-electron chi connectivity index (χ3n) is 2.12. The first kappa shape index (κ1) is 13.9. The fourth-order valence-corrected chi connectivity index (χ4v) is 1.67. The summed E-state index contributed by atoms with van der Waals surface area (Å²) in [4.78, 5) is 12.4. The van der Waals surface area contributed by atoms with E-state index in [9.17, 15) is 10.1 Å². The maximum Gasteiger partial charge on any atom is 0.312 e. The monoisotopic (exact) mass is 302 g/mol. The Morgan fingerprint density at radius 3 is 2.76 bits per heavy atom. The third-order valence-corrected chi connectivity index (χ3v) is 2.62. The van der Waals surface area contributed by atoms with Crippen molar-refractivity contribution in [2.45, 2.75) is 6.42 Å². The van der Waals surface area contributed by atoms with Crippen molar-refractivity contribution in [2.75, 3.05) is 27.2 Å². The van der Waals surface area contributed by atoms with Crippen LogP contribution >= 0.6 is 15.9 Å². The lowest BCUT2D eigenvalue weighted by Gasteiger charge is -2.10. The number of benzene rings is 1. The maximum atomic E-state index is 10.8. The predicted octanol–water partition coefficient (Wildman–Crippen LogP) is 2.69. The van der Waals surface area contributed by atoms with Crippen LogP contribution < -0.4 is 4.74 Å². The topological polar surface area (TPSA) is 55.6 Å². The van der Waals surface area contributed by atoms with E-state index in [1.807, 2.05) is 19.0 Å². The number of nitro benzene ring substituents is 1. The van der Waals surface area contributed by atoms with E-state index in [0.717, 1.165) is 13.0 Å². The zero-order valence-corrected chi connectivity index (χ0v) is 11.4. The second kappa shape index (κ2) is 6.56. The van der Waals surface area contributed by atoms with Crippen LogP contribution in [0.2, 0.25) is 0 Å². The molecule has 0 aliphatic carbocycles. The molecule has 0 heterocycles. The molecule has 0 bridgehead atoms. The Morgan fingerprint density at radius 1 is 1.47 bits per heavy atom. The third kappa shape index (κ3) is 4.70. The van der Waals surface area contributed by atoms with Gasteiger partial charge in [0, 0.05) is 17.1 Å². The number of halogens is 1. The molecule has 0 spiro atoms. The van der Waals surface area contributed by atoms with Gasteiger partial charge in [-0.05, 0) is 32.6 Å². The van der Waals surface area contributed by atoms with Gasteiger partial charge in [-0.3, -0.25) is 10.1 Å². The number of hydrogen-bond acceptors (Lipinski definition) is 4. The van der Waals surface area contributed by atoms with Crippen LogP contribution in [0.15, 0.2) is 22.7 Å². The van der Waals surface area contributed by atoms with E-state index in [-0.39, 0.29) is 5.69 Å². The summed E-state index contributed by atoms with van der Waals surface area (Å²) in [7, 11) is 3.95. The van der Waals surface area contributed by atoms with Crippen LogP contribution in [-0.4, -0.2) is 37.1 Å². The van der Waals surface area contributed by atoms with Crippen LogP contribution in [0, 0.1) is 10.1 Å². The van der Waals surface area contributed by atoms with E-state index in [2.05, 4.69) is 15.9 Å². The summed E-state index contributed by atoms with van der Waals surface area (Å²) in [6.07, 6.45) is 0.834. The van der Waals surface area contributed by atoms with Gasteiger partial charge in [-0.2, -0.15) is 0 Å². The molecule has 0 saturated heterocycles. The molecule has 0 saturated carbocycles. The number of nitrogens with zero attached hydrogens (tertiary/aromatic N) is 2. The number of hydrogen-bond donors (Lipinski definition) is 0. The molecule has 0 aliphatic rings. The van der Waals surface area contributed by atoms with E-state index in [4.69, 9.17) is 4.74 Å². The van der Waals surface area contributed by atoms with E-state index < -0.39 is 4.92 Å². The zero-order chi connectivity index (χ0) is 12.8. The maximum absolute atomic E-state index is 10.8. The Balaban J connectivity index is 2.61. The molecule has 0 amide bonds. The summed E-state index contributed by atoms with van der Waals surface area (Å²) in [5.41, 5.74) is -0.00997. The molecule has 0 N–H and O–H groups in total. The molecule has 6 heteroatoms. The van der Waals surface area contributed by atoms with E-state index >= 15 is 0 Å². The first-order valence-electron chi connectivity index (χ1n) is 5.22. The van der Waals surface area contributed by atoms with Gasteiger partial charge in [-0.15, -0.1) is 0 Å². The Bertz CT molecular complexity index is 396. The number of nitro groups is 1. The minimum atomic E-state index is -0.438. The lowest BCUT2D eigenvalue weighted by atomic mass is 10.3. The summed E-state index contributed by atoms with van der Waals surface area (Å²) in [6, 6.07) is 4.79. The van der Waals surface area contributed by atoms with E-state index in [0.29, 0.717) is 16.8 Å². The Morgan fingerprint density at radius 2 is 2.18 bits per heavy atom. The van der Waals surface area contributed by atoms with Crippen molar-refractivity contribution in [3.63, 3.8) is 0 Å². The molecule has 0 unspecified atom stereocenters. The molecule has 0 aliphatic heterocycles. The summed E-state index contributed by atoms with van der Waals surface area (Å²) >= 11 is 3.20. The Hall–Kier alpha value is -1.14. The average Bonchev–Trinajstić information content (AvgIpc) is 2.25. The first-order valence-corrected chi connectivity index (χ1v) is 6.01. The highest BCUT2D eigenvalue weighted by Crippen LogP contribution is 2.30. The Labute approximate surface area is 109 Å². The second-order valence-corrected chi connectivity index (χ2v) is 4.79. The highest BCUT2D eigenvalue weighted by molar-refractivity contribution is 9.10. The van der Waals surface area contributed by atoms with Gasteiger partial charge in [0.15, 0.2) is 5.75 Å². The molecule has 0 aromatic heterocycles. The van der Waals surface area contributed by atoms with Crippen molar-refractivity contribution in [1.29, 1.82) is 0 Å². The largest absolute Gasteiger partial charge is 0.487 e. The van der Waals surface area contributed by atoms with Crippen LogP contribution in [0.3, 0.4) is 0 Å². The molecule has 17 heavy (non-hydrogen) atoms. The van der Waals surface area contributed by atoms with Crippen LogP contribution in [0.5, 0.6) is 5.75 Å². The molecule has 0 fully saturated rings. The molecule has 94 valence electrons. The van der Waals surface area contributed by atoms with Crippen LogP contribution in [0.25, 0.3) is 0 Å². The normalized spacial score (nSPS) is 10.6. The average molecular weight is 303 g/mol. The second-order valence-electron chi connectivity index (χ2n) is 3.87. The SMILES string of the molecule is CN(C)CCCOc1ccc(Br)cc1[N+](=O)[O-]. The lowest BCUT2D eigenvalue weighted by Crippen LogP contribution is -2.15. The van der Waals surface area contributed by atoms with Crippen molar-refractivity contribution in [3.05, 3.63) is 32.8 Å². The van der Waals surface area contributed by atoms with Gasteiger partial charge in [-0.25, -0.2) is 0 Å². The smallest absolute Gasteiger partial charge is 0.312 e. The van der Waals surface area contributed by atoms with Crippen molar-refractivity contribution in [1.82, 2.24) is 4.90 Å². The van der Waals surface area contributed by atoms with E-state index in [1.54, 1.807) is 12.1 Å². The van der Waals surface area contributed by atoms with Crippen molar-refractivity contribution in [2.24, 2.45) is 0 Å². The minimum Gasteiger partial charge on any atom is -0.487 e. The van der Waals surface area contributed by atoms with Gasteiger partial charge in [-0.1, -0.05) is 15.9 Å². The predicted molar refractivity (Wildman–Crippen MR) is 69.5 cm³/mol. The van der Waals surface area contributed by atoms with Gasteiger partial charge in [0.1, 0.15) is 0 Å². The van der Waals surface area contributed by atoms with Gasteiger partial charge in [0.25, 0.3) is 0 Å². The molecule has 0 atom stereocenters. The first-order chi connectivity index (χ1) is 8.00. The van der Waals surface area contributed by atoms with Gasteiger partial charge >= 0.3 is 5.69 Å². The molecular formula is C11H15BrN2O3. The van der Waals surface area contributed by atoms with Crippen molar-refractivity contribution < 1.29 is 9.66 Å². The minimum absolute atomic E-state index is 0.00997. The van der Waals surface area contributed by atoms with Gasteiger partial charge < -0.3 is 9.64 Å². The van der Waals surface area contributed by atoms with Gasteiger partial charge in [0.2, 0.25) is 0 Å². The highest BCUT2D eigenvalue weighted by atomic mass is 79.9. The lowest BCUT2D eigenvalue weighted by molar-refractivity contribution is -0.385. The summed E-state index contributed by atoms with van der Waals surface area (Å²) in [5.74, 6) is 0.317. The molecule has 1 rings (SSSR count). The van der Waals surface area contributed by atoms with Crippen LogP contribution in [0.1, 0.15) is 6.42 Å². The van der Waals surface area contributed by atoms with Crippen molar-refractivity contribution >= 4 is 21.6 Å². The quantitative estimate of drug-likeness (QED) is 0.460. The van der Waals surface area contributed by atoms with E-state index in [1.165, 1.54) is 6.07 Å². The standard InChI is InChI=1S/C11H15BrN2O3/c1-13(2)6-3-7-17-11-5-4-9(12)8-10(11)14(15)16/h4-5,8H,3,6-7H2,1-2H3. The zero-order valence-electron chi connectivity index (χ0n) is 9.85. The number of ether oxygens (including phenoxy) is 1. The molecule has 5 nitrogen and oxygen atoms in total. The van der Waals surface area contributed by atoms with Crippen LogP contribution in [0.4, 0.5) is 5.69 Å². The molecule has 0 radical (unpaired) electrons. The molecule has 1 aromatic rings. The summed E-state index contributed by atoms with van der Waals surface area (Å²) in [5, 5.41) is 10.8. The molecule has 1 aromatic carbocycles. The highest BCUT2D eigenvalue weighted by Gasteiger charge is 2.15. The fourth-order valence-electron chi connectivity index (χ4n) is 1.32. The summed E-state index contributed by atoms with van der Waals surface area (Å²) in [6.45, 7) is 1.37. The van der Waals surface area contributed by atoms with Crippen LogP contribution in [-0.2, 0) is 0 Å². The summed E-state index contributed by atoms with van der Waals surface area (Å²) < 4.78 is 6.09. The van der Waals surface area contributed by atoms with Gasteiger partial charge in [0.05, 0.1) is 11.5 Å². The Kier molecular flexibility index (Phi) is 5.37. The van der Waals surface area contributed by atoms with Crippen molar-refractivity contribution in [3.8, 4) is 5.75 Å². The number of rotatable bonds is 6. The molecular weight excluding hydrogens is 288 g/mol.